The number of nitrogens with zero attached hydrogens (tertiary/aromatic N) is 1. The Labute approximate surface area is 190 Å². The van der Waals surface area contributed by atoms with Crippen LogP contribution in [0.3, 0.4) is 0 Å². The van der Waals surface area contributed by atoms with Gasteiger partial charge in [0.05, 0.1) is 5.69 Å². The van der Waals surface area contributed by atoms with Crippen molar-refractivity contribution in [2.24, 2.45) is 4.99 Å². The molecule has 0 fully saturated rings. The molecule has 0 aromatic heterocycles. The molecule has 0 N–H and O–H groups in total. The molecule has 0 unspecified atom stereocenters. The average molecular weight is 466 g/mol. The number of ether oxygens (including phenoxy) is 1. The molecule has 2 nitrogen and oxygen atoms in total. The minimum Gasteiger partial charge on any atom is -0.456 e. The van der Waals surface area contributed by atoms with Crippen molar-refractivity contribution in [1.29, 1.82) is 0 Å². The average Bonchev–Trinajstić information content (AvgIpc) is 2.84. The lowest BCUT2D eigenvalue weighted by molar-refractivity contribution is 0.489. The maximum atomic E-state index is 6.47. The van der Waals surface area contributed by atoms with Crippen LogP contribution in [0.15, 0.2) is 124 Å². The zero-order valence-electron chi connectivity index (χ0n) is 16.8. The summed E-state index contributed by atoms with van der Waals surface area (Å²) in [7, 11) is 0. The molecule has 0 aliphatic carbocycles. The van der Waals surface area contributed by atoms with Gasteiger partial charge in [-0.3, -0.25) is 4.99 Å². The summed E-state index contributed by atoms with van der Waals surface area (Å²) in [5, 5.41) is 0. The van der Waals surface area contributed by atoms with E-state index in [1.165, 1.54) is 5.56 Å². The number of rotatable bonds is 4. The summed E-state index contributed by atoms with van der Waals surface area (Å²) in [5.74, 6) is 1.76. The van der Waals surface area contributed by atoms with Crippen molar-refractivity contribution < 1.29 is 4.74 Å². The Morgan fingerprint density at radius 3 is 2.10 bits per heavy atom. The summed E-state index contributed by atoms with van der Waals surface area (Å²) in [5.41, 5.74) is 5.33. The second-order valence-electron chi connectivity index (χ2n) is 7.37. The SMILES string of the molecule is Brc1ccc(N=CC2=C(c3ccccc3)Oc3ccccc3[C@@H]2c2ccccc2)cc1. The molecule has 31 heavy (non-hydrogen) atoms. The molecule has 0 bridgehead atoms. The fourth-order valence-corrected chi connectivity index (χ4v) is 4.17. The largest absolute Gasteiger partial charge is 0.456 e. The van der Waals surface area contributed by atoms with Crippen molar-refractivity contribution in [3.05, 3.63) is 136 Å². The second-order valence-corrected chi connectivity index (χ2v) is 8.28. The molecule has 1 aliphatic rings. The van der Waals surface area contributed by atoms with Gasteiger partial charge in [-0.05, 0) is 35.9 Å². The van der Waals surface area contributed by atoms with Crippen molar-refractivity contribution in [3.63, 3.8) is 0 Å². The van der Waals surface area contributed by atoms with E-state index in [4.69, 9.17) is 9.73 Å². The van der Waals surface area contributed by atoms with Gasteiger partial charge < -0.3 is 4.74 Å². The van der Waals surface area contributed by atoms with Crippen LogP contribution in [0.25, 0.3) is 5.76 Å². The van der Waals surface area contributed by atoms with E-state index in [2.05, 4.69) is 64.5 Å². The summed E-state index contributed by atoms with van der Waals surface area (Å²) < 4.78 is 7.51. The highest BCUT2D eigenvalue weighted by Crippen LogP contribution is 2.45. The minimum atomic E-state index is 0.0283. The van der Waals surface area contributed by atoms with E-state index in [0.717, 1.165) is 38.4 Å². The molecule has 1 heterocycles. The van der Waals surface area contributed by atoms with E-state index in [1.807, 2.05) is 66.9 Å². The number of hydrogen-bond acceptors (Lipinski definition) is 2. The van der Waals surface area contributed by atoms with Gasteiger partial charge in [0.1, 0.15) is 11.5 Å². The molecule has 1 atom stereocenters. The number of allylic oxidation sites excluding steroid dienone is 1. The van der Waals surface area contributed by atoms with Crippen LogP contribution in [0.5, 0.6) is 5.75 Å². The quantitative estimate of drug-likeness (QED) is 0.281. The topological polar surface area (TPSA) is 21.6 Å². The molecule has 4 aromatic rings. The molecular weight excluding hydrogens is 446 g/mol. The van der Waals surface area contributed by atoms with Crippen LogP contribution in [0.1, 0.15) is 22.6 Å². The second kappa shape index (κ2) is 8.75. The summed E-state index contributed by atoms with van der Waals surface area (Å²) in [4.78, 5) is 4.81. The van der Waals surface area contributed by atoms with Gasteiger partial charge in [-0.15, -0.1) is 0 Å². The zero-order chi connectivity index (χ0) is 21.0. The fraction of sp³-hybridized carbons (Fsp3) is 0.0357. The van der Waals surface area contributed by atoms with Crippen LogP contribution in [-0.4, -0.2) is 6.21 Å². The summed E-state index contributed by atoms with van der Waals surface area (Å²) >= 11 is 3.49. The zero-order valence-corrected chi connectivity index (χ0v) is 18.4. The summed E-state index contributed by atoms with van der Waals surface area (Å²) in [6, 6.07) is 37.1. The Morgan fingerprint density at radius 1 is 0.710 bits per heavy atom. The number of aliphatic imine (C=N–C) groups is 1. The fourth-order valence-electron chi connectivity index (χ4n) is 3.90. The van der Waals surface area contributed by atoms with Crippen LogP contribution < -0.4 is 4.74 Å². The molecule has 0 radical (unpaired) electrons. The first-order valence-corrected chi connectivity index (χ1v) is 11.0. The predicted molar refractivity (Wildman–Crippen MR) is 131 cm³/mol. The number of halogens is 1. The summed E-state index contributed by atoms with van der Waals surface area (Å²) in [6.45, 7) is 0. The van der Waals surface area contributed by atoms with Crippen LogP contribution in [0.2, 0.25) is 0 Å². The van der Waals surface area contributed by atoms with Gasteiger partial charge in [0.2, 0.25) is 0 Å². The standard InChI is InChI=1S/C28H20BrNO/c29-22-15-17-23(18-16-22)30-19-25-27(20-9-3-1-4-10-20)24-13-7-8-14-26(24)31-28(25)21-11-5-2-6-12-21/h1-19,27H/t27-/m0/s1. The van der Waals surface area contributed by atoms with Gasteiger partial charge in [-0.25, -0.2) is 0 Å². The van der Waals surface area contributed by atoms with Crippen molar-refractivity contribution in [1.82, 2.24) is 0 Å². The molecule has 3 heteroatoms. The predicted octanol–water partition coefficient (Wildman–Crippen LogP) is 7.79. The lowest BCUT2D eigenvalue weighted by Crippen LogP contribution is -2.17. The normalized spacial score (nSPS) is 15.6. The third kappa shape index (κ3) is 4.10. The van der Waals surface area contributed by atoms with Gasteiger partial charge in [-0.2, -0.15) is 0 Å². The Morgan fingerprint density at radius 2 is 1.35 bits per heavy atom. The van der Waals surface area contributed by atoms with Crippen molar-refractivity contribution in [3.8, 4) is 5.75 Å². The van der Waals surface area contributed by atoms with Gasteiger partial charge >= 0.3 is 0 Å². The van der Waals surface area contributed by atoms with Gasteiger partial charge in [0, 0.05) is 33.3 Å². The summed E-state index contributed by atoms with van der Waals surface area (Å²) in [6.07, 6.45) is 1.96. The first-order chi connectivity index (χ1) is 15.3. The Balaban J connectivity index is 1.71. The van der Waals surface area contributed by atoms with Crippen LogP contribution in [0, 0.1) is 0 Å². The third-order valence-corrected chi connectivity index (χ3v) is 5.89. The molecule has 0 spiro atoms. The lowest BCUT2D eigenvalue weighted by Gasteiger charge is -2.30. The molecule has 0 saturated carbocycles. The molecule has 1 aliphatic heterocycles. The van der Waals surface area contributed by atoms with E-state index >= 15 is 0 Å². The van der Waals surface area contributed by atoms with Crippen LogP contribution in [0.4, 0.5) is 5.69 Å². The van der Waals surface area contributed by atoms with Gasteiger partial charge in [0.25, 0.3) is 0 Å². The number of fused-ring (bicyclic) bond motifs is 1. The molecule has 150 valence electrons. The van der Waals surface area contributed by atoms with E-state index in [1.54, 1.807) is 0 Å². The monoisotopic (exact) mass is 465 g/mol. The Hall–Kier alpha value is -3.43. The maximum Gasteiger partial charge on any atom is 0.140 e. The number of para-hydroxylation sites is 1. The van der Waals surface area contributed by atoms with E-state index in [9.17, 15) is 0 Å². The molecule has 0 saturated heterocycles. The molecule has 5 rings (SSSR count). The van der Waals surface area contributed by atoms with E-state index < -0.39 is 0 Å². The van der Waals surface area contributed by atoms with Crippen LogP contribution in [-0.2, 0) is 0 Å². The highest BCUT2D eigenvalue weighted by atomic mass is 79.9. The third-order valence-electron chi connectivity index (χ3n) is 5.36. The van der Waals surface area contributed by atoms with E-state index in [-0.39, 0.29) is 5.92 Å². The molecule has 0 amide bonds. The van der Waals surface area contributed by atoms with Gasteiger partial charge in [0.15, 0.2) is 0 Å². The maximum absolute atomic E-state index is 6.47. The van der Waals surface area contributed by atoms with Crippen molar-refractivity contribution >= 4 is 33.6 Å². The van der Waals surface area contributed by atoms with Gasteiger partial charge in [-0.1, -0.05) is 94.8 Å². The lowest BCUT2D eigenvalue weighted by atomic mass is 9.81. The highest BCUT2D eigenvalue weighted by Gasteiger charge is 2.30. The first-order valence-electron chi connectivity index (χ1n) is 10.2. The first kappa shape index (κ1) is 19.5. The molecule has 4 aromatic carbocycles. The van der Waals surface area contributed by atoms with Crippen molar-refractivity contribution in [2.45, 2.75) is 5.92 Å². The smallest absolute Gasteiger partial charge is 0.140 e. The molecular formula is C28H20BrNO. The highest BCUT2D eigenvalue weighted by molar-refractivity contribution is 9.10. The van der Waals surface area contributed by atoms with Crippen LogP contribution >= 0.6 is 15.9 Å². The Bertz CT molecular complexity index is 1250. The van der Waals surface area contributed by atoms with E-state index in [0.29, 0.717) is 0 Å². The number of hydrogen-bond donors (Lipinski definition) is 0. The van der Waals surface area contributed by atoms with Crippen molar-refractivity contribution in [2.75, 3.05) is 0 Å². The number of benzene rings is 4. The minimum absolute atomic E-state index is 0.0283. The Kier molecular flexibility index (Phi) is 5.51.